The average molecular weight is 279 g/mol. The maximum atomic E-state index is 13.9. The Balaban J connectivity index is 2.18. The molecule has 1 fully saturated rings. The number of hydrogen-bond acceptors (Lipinski definition) is 4. The minimum absolute atomic E-state index is 0.00997. The first-order valence-electron chi connectivity index (χ1n) is 6.38. The van der Waals surface area contributed by atoms with Gasteiger partial charge < -0.3 is 9.30 Å². The molecule has 20 heavy (non-hydrogen) atoms. The summed E-state index contributed by atoms with van der Waals surface area (Å²) >= 11 is 0. The molecule has 6 nitrogen and oxygen atoms in total. The van der Waals surface area contributed by atoms with Crippen LogP contribution in [0.15, 0.2) is 28.0 Å². The molecule has 0 aromatic carbocycles. The number of nitrogens with zero attached hydrogens (tertiary/aromatic N) is 3. The monoisotopic (exact) mass is 279 g/mol. The van der Waals surface area contributed by atoms with Gasteiger partial charge >= 0.3 is 0 Å². The molecule has 0 saturated carbocycles. The highest BCUT2D eigenvalue weighted by atomic mass is 19.1. The lowest BCUT2D eigenvalue weighted by atomic mass is 10.1. The Hall–Kier alpha value is -2.02. The van der Waals surface area contributed by atoms with Gasteiger partial charge in [-0.15, -0.1) is 0 Å². The maximum Gasteiger partial charge on any atom is 0.274 e. The molecule has 0 aliphatic carbocycles. The number of ether oxygens (including phenoxy) is 1. The topological polar surface area (TPSA) is 66.1 Å². The van der Waals surface area contributed by atoms with Gasteiger partial charge in [0.05, 0.1) is 24.2 Å². The molecule has 0 spiro atoms. The second-order valence-electron chi connectivity index (χ2n) is 4.91. The Kier molecular flexibility index (Phi) is 3.13. The summed E-state index contributed by atoms with van der Waals surface area (Å²) in [4.78, 5) is 24.0. The quantitative estimate of drug-likeness (QED) is 0.757. The molecule has 0 N–H and O–H groups in total. The molecule has 0 bridgehead atoms. The van der Waals surface area contributed by atoms with E-state index < -0.39 is 12.2 Å². The SMILES string of the molecule is Cn1ncc2cn([C@@H]3CCOC[C@H]3F)c(=O)cc2c1=O. The van der Waals surface area contributed by atoms with E-state index in [0.29, 0.717) is 23.8 Å². The highest BCUT2D eigenvalue weighted by Crippen LogP contribution is 2.23. The fourth-order valence-corrected chi connectivity index (χ4v) is 2.49. The summed E-state index contributed by atoms with van der Waals surface area (Å²) in [6, 6.07) is 0.700. The summed E-state index contributed by atoms with van der Waals surface area (Å²) in [6.07, 6.45) is 2.22. The van der Waals surface area contributed by atoms with Gasteiger partial charge in [0.1, 0.15) is 6.17 Å². The van der Waals surface area contributed by atoms with E-state index in [1.165, 1.54) is 34.8 Å². The molecule has 1 aliphatic rings. The molecule has 0 unspecified atom stereocenters. The minimum atomic E-state index is -1.22. The van der Waals surface area contributed by atoms with Crippen LogP contribution in [0.25, 0.3) is 10.8 Å². The summed E-state index contributed by atoms with van der Waals surface area (Å²) in [6.45, 7) is 0.411. The van der Waals surface area contributed by atoms with Crippen molar-refractivity contribution in [1.29, 1.82) is 0 Å². The first-order valence-corrected chi connectivity index (χ1v) is 6.38. The van der Waals surface area contributed by atoms with Crippen LogP contribution in [-0.4, -0.2) is 33.7 Å². The summed E-state index contributed by atoms with van der Waals surface area (Å²) in [5.41, 5.74) is -0.717. The van der Waals surface area contributed by atoms with Gasteiger partial charge in [-0.25, -0.2) is 9.07 Å². The zero-order valence-corrected chi connectivity index (χ0v) is 11.0. The predicted molar refractivity (Wildman–Crippen MR) is 70.6 cm³/mol. The van der Waals surface area contributed by atoms with Gasteiger partial charge in [-0.1, -0.05) is 0 Å². The summed E-state index contributed by atoms with van der Waals surface area (Å²) < 4.78 is 21.4. The van der Waals surface area contributed by atoms with Crippen molar-refractivity contribution in [2.45, 2.75) is 18.6 Å². The normalized spacial score (nSPS) is 23.1. The third-order valence-electron chi connectivity index (χ3n) is 3.62. The molecule has 0 radical (unpaired) electrons. The van der Waals surface area contributed by atoms with Crippen LogP contribution >= 0.6 is 0 Å². The molecule has 7 heteroatoms. The number of pyridine rings is 1. The van der Waals surface area contributed by atoms with Crippen LogP contribution < -0.4 is 11.1 Å². The van der Waals surface area contributed by atoms with Crippen LogP contribution in [0.4, 0.5) is 4.39 Å². The van der Waals surface area contributed by atoms with Crippen molar-refractivity contribution >= 4 is 10.8 Å². The van der Waals surface area contributed by atoms with E-state index in [9.17, 15) is 14.0 Å². The van der Waals surface area contributed by atoms with E-state index in [4.69, 9.17) is 4.74 Å². The average Bonchev–Trinajstić information content (AvgIpc) is 2.44. The summed E-state index contributed by atoms with van der Waals surface area (Å²) in [7, 11) is 1.52. The minimum Gasteiger partial charge on any atom is -0.378 e. The zero-order valence-electron chi connectivity index (χ0n) is 11.0. The fourth-order valence-electron chi connectivity index (χ4n) is 2.49. The van der Waals surface area contributed by atoms with Gasteiger partial charge in [0.25, 0.3) is 11.1 Å². The molecule has 2 aromatic rings. The van der Waals surface area contributed by atoms with Crippen molar-refractivity contribution in [1.82, 2.24) is 14.3 Å². The highest BCUT2D eigenvalue weighted by Gasteiger charge is 2.27. The van der Waals surface area contributed by atoms with Gasteiger partial charge in [0, 0.05) is 31.3 Å². The van der Waals surface area contributed by atoms with Crippen LogP contribution in [0, 0.1) is 0 Å². The summed E-state index contributed by atoms with van der Waals surface area (Å²) in [5, 5.41) is 4.74. The number of hydrogen-bond donors (Lipinski definition) is 0. The van der Waals surface area contributed by atoms with Gasteiger partial charge in [0.15, 0.2) is 0 Å². The second-order valence-corrected chi connectivity index (χ2v) is 4.91. The summed E-state index contributed by atoms with van der Waals surface area (Å²) in [5.74, 6) is 0. The van der Waals surface area contributed by atoms with Crippen LogP contribution in [0.1, 0.15) is 12.5 Å². The molecule has 106 valence electrons. The molecule has 1 saturated heterocycles. The van der Waals surface area contributed by atoms with E-state index >= 15 is 0 Å². The van der Waals surface area contributed by atoms with Crippen molar-refractivity contribution < 1.29 is 9.13 Å². The predicted octanol–water partition coefficient (Wildman–Crippen LogP) is 0.395. The zero-order chi connectivity index (χ0) is 14.3. The van der Waals surface area contributed by atoms with Crippen molar-refractivity contribution in [3.05, 3.63) is 39.2 Å². The third-order valence-corrected chi connectivity index (χ3v) is 3.62. The van der Waals surface area contributed by atoms with E-state index in [-0.39, 0.29) is 17.7 Å². The van der Waals surface area contributed by atoms with Crippen LogP contribution in [0.2, 0.25) is 0 Å². The molecule has 2 atom stereocenters. The lowest BCUT2D eigenvalue weighted by Gasteiger charge is -2.27. The number of aryl methyl sites for hydroxylation is 1. The molecule has 3 heterocycles. The van der Waals surface area contributed by atoms with Crippen molar-refractivity contribution in [2.75, 3.05) is 13.2 Å². The lowest BCUT2D eigenvalue weighted by molar-refractivity contribution is 0.00247. The molecule has 1 aliphatic heterocycles. The van der Waals surface area contributed by atoms with Gasteiger partial charge in [0.2, 0.25) is 0 Å². The first-order chi connectivity index (χ1) is 9.58. The molecule has 3 rings (SSSR count). The number of fused-ring (bicyclic) bond motifs is 1. The Morgan fingerprint density at radius 3 is 3.00 bits per heavy atom. The largest absolute Gasteiger partial charge is 0.378 e. The number of rotatable bonds is 1. The number of aromatic nitrogens is 3. The van der Waals surface area contributed by atoms with E-state index in [2.05, 4.69) is 5.10 Å². The second kappa shape index (κ2) is 4.82. The van der Waals surface area contributed by atoms with E-state index in [1.807, 2.05) is 0 Å². The van der Waals surface area contributed by atoms with Gasteiger partial charge in [-0.2, -0.15) is 5.10 Å². The fraction of sp³-hybridized carbons (Fsp3) is 0.462. The first kappa shape index (κ1) is 13.0. The third kappa shape index (κ3) is 2.03. The van der Waals surface area contributed by atoms with Crippen LogP contribution in [0.3, 0.4) is 0 Å². The Labute approximate surface area is 113 Å². The standard InChI is InChI=1S/C13H14FN3O3/c1-16-13(19)9-4-12(18)17(6-8(9)5-15-16)11-2-3-20-7-10(11)14/h4-6,10-11H,2-3,7H2,1H3/t10-,11-/m1/s1. The van der Waals surface area contributed by atoms with Gasteiger partial charge in [-0.3, -0.25) is 9.59 Å². The number of halogens is 1. The molecule has 2 aromatic heterocycles. The molecule has 0 amide bonds. The van der Waals surface area contributed by atoms with Crippen molar-refractivity contribution in [2.24, 2.45) is 7.05 Å². The Morgan fingerprint density at radius 1 is 1.45 bits per heavy atom. The van der Waals surface area contributed by atoms with E-state index in [0.717, 1.165) is 0 Å². The molecular weight excluding hydrogens is 265 g/mol. The maximum absolute atomic E-state index is 13.9. The smallest absolute Gasteiger partial charge is 0.274 e. The lowest BCUT2D eigenvalue weighted by Crippen LogP contribution is -2.37. The van der Waals surface area contributed by atoms with E-state index in [1.54, 1.807) is 0 Å². The highest BCUT2D eigenvalue weighted by molar-refractivity contribution is 5.79. The van der Waals surface area contributed by atoms with Crippen molar-refractivity contribution in [3.63, 3.8) is 0 Å². The van der Waals surface area contributed by atoms with Crippen LogP contribution in [-0.2, 0) is 11.8 Å². The Morgan fingerprint density at radius 2 is 2.25 bits per heavy atom. The van der Waals surface area contributed by atoms with Crippen LogP contribution in [0.5, 0.6) is 0 Å². The van der Waals surface area contributed by atoms with Crippen molar-refractivity contribution in [3.8, 4) is 0 Å². The molecular formula is C13H14FN3O3. The van der Waals surface area contributed by atoms with Gasteiger partial charge in [-0.05, 0) is 6.42 Å². The Bertz CT molecular complexity index is 768. The number of alkyl halides is 1.